The van der Waals surface area contributed by atoms with E-state index in [0.717, 1.165) is 11.8 Å². The molecule has 0 unspecified atom stereocenters. The van der Waals surface area contributed by atoms with E-state index in [1.807, 2.05) is 0 Å². The maximum absolute atomic E-state index is 11.7. The Morgan fingerprint density at radius 1 is 1.38 bits per heavy atom. The Morgan fingerprint density at radius 2 is 2.17 bits per heavy atom. The molecule has 0 radical (unpaired) electrons. The number of methoxy groups -OCH3 is 1. The molecule has 0 atom stereocenters. The van der Waals surface area contributed by atoms with E-state index in [9.17, 15) is 14.9 Å². The van der Waals surface area contributed by atoms with Crippen molar-refractivity contribution in [3.63, 3.8) is 0 Å². The Morgan fingerprint density at radius 3 is 2.79 bits per heavy atom. The number of hydrogen-bond donors (Lipinski definition) is 1. The zero-order chi connectivity index (χ0) is 17.3. The third-order valence-corrected chi connectivity index (χ3v) is 4.37. The van der Waals surface area contributed by atoms with E-state index in [4.69, 9.17) is 21.4 Å². The minimum atomic E-state index is -0.497. The second-order valence-electron chi connectivity index (χ2n) is 4.70. The van der Waals surface area contributed by atoms with E-state index in [1.54, 1.807) is 24.3 Å². The van der Waals surface area contributed by atoms with Gasteiger partial charge in [-0.3, -0.25) is 14.9 Å². The summed E-state index contributed by atoms with van der Waals surface area (Å²) in [5, 5.41) is 13.4. The van der Waals surface area contributed by atoms with Crippen molar-refractivity contribution in [3.8, 4) is 17.1 Å². The average Bonchev–Trinajstić information content (AvgIpc) is 3.13. The molecule has 0 spiro atoms. The topological polar surface area (TPSA) is 94.6 Å². The van der Waals surface area contributed by atoms with Crippen LogP contribution in [0.25, 0.3) is 17.4 Å². The monoisotopic (exact) mass is 362 g/mol. The van der Waals surface area contributed by atoms with Gasteiger partial charge in [-0.25, -0.2) is 0 Å². The molecule has 1 aromatic carbocycles. The Labute approximate surface area is 145 Å². The first-order valence-electron chi connectivity index (χ1n) is 6.65. The fraction of sp³-hybridized carbons (Fsp3) is 0.0667. The van der Waals surface area contributed by atoms with Gasteiger partial charge in [0.05, 0.1) is 28.6 Å². The zero-order valence-electron chi connectivity index (χ0n) is 12.3. The van der Waals surface area contributed by atoms with Crippen LogP contribution in [0.4, 0.5) is 5.69 Å². The number of benzene rings is 1. The summed E-state index contributed by atoms with van der Waals surface area (Å²) in [5.74, 6) is 0.995. The molecule has 1 aliphatic rings. The molecule has 2 heterocycles. The quantitative estimate of drug-likeness (QED) is 0.386. The molecule has 1 amide bonds. The number of furan rings is 1. The normalized spacial score (nSPS) is 15.6. The van der Waals surface area contributed by atoms with Crippen LogP contribution in [0, 0.1) is 10.1 Å². The largest absolute Gasteiger partial charge is 0.496 e. The number of nitrogens with zero attached hydrogens (tertiary/aromatic N) is 1. The summed E-state index contributed by atoms with van der Waals surface area (Å²) in [6.45, 7) is 0. The molecule has 0 bridgehead atoms. The first-order chi connectivity index (χ1) is 11.5. The van der Waals surface area contributed by atoms with Gasteiger partial charge in [-0.15, -0.1) is 0 Å². The number of ether oxygens (including phenoxy) is 1. The second kappa shape index (κ2) is 6.46. The van der Waals surface area contributed by atoms with Crippen LogP contribution >= 0.6 is 24.0 Å². The number of rotatable bonds is 4. The van der Waals surface area contributed by atoms with E-state index >= 15 is 0 Å². The maximum Gasteiger partial charge on any atom is 0.273 e. The molecule has 1 aromatic heterocycles. The van der Waals surface area contributed by atoms with Gasteiger partial charge in [0.25, 0.3) is 11.6 Å². The lowest BCUT2D eigenvalue weighted by molar-refractivity contribution is -0.384. The van der Waals surface area contributed by atoms with Crippen molar-refractivity contribution in [3.05, 3.63) is 51.1 Å². The van der Waals surface area contributed by atoms with E-state index < -0.39 is 4.92 Å². The minimum Gasteiger partial charge on any atom is -0.496 e. The van der Waals surface area contributed by atoms with Crippen LogP contribution in [0.2, 0.25) is 0 Å². The highest BCUT2D eigenvalue weighted by Crippen LogP contribution is 2.35. The summed E-state index contributed by atoms with van der Waals surface area (Å²) in [5.41, 5.74) is 0.504. The molecule has 1 aliphatic heterocycles. The number of amides is 1. The molecule has 2 aromatic rings. The lowest BCUT2D eigenvalue weighted by Gasteiger charge is -2.05. The van der Waals surface area contributed by atoms with Crippen molar-refractivity contribution in [2.45, 2.75) is 0 Å². The molecule has 0 saturated carbocycles. The lowest BCUT2D eigenvalue weighted by Crippen LogP contribution is -2.17. The maximum atomic E-state index is 11.7. The third-order valence-electron chi connectivity index (χ3n) is 3.20. The van der Waals surface area contributed by atoms with Crippen LogP contribution in [0.5, 0.6) is 5.75 Å². The van der Waals surface area contributed by atoms with E-state index in [0.29, 0.717) is 32.1 Å². The molecule has 1 N–H and O–H groups in total. The highest BCUT2D eigenvalue weighted by atomic mass is 32.2. The number of nitrogens with one attached hydrogen (secondary N) is 1. The molecule has 1 fully saturated rings. The number of nitro groups is 1. The highest BCUT2D eigenvalue weighted by molar-refractivity contribution is 8.26. The molecule has 3 rings (SSSR count). The standard InChI is InChI=1S/C15H10N2O5S2/c1-21-12-6-8(17(19)20)2-4-10(12)11-5-3-9(22-11)7-13-14(18)16-15(23)24-13/h2-7H,1H3,(H,16,18,23)/b13-7+. The van der Waals surface area contributed by atoms with E-state index in [-0.39, 0.29) is 11.6 Å². The summed E-state index contributed by atoms with van der Waals surface area (Å²) in [4.78, 5) is 22.4. The molecule has 9 heteroatoms. The van der Waals surface area contributed by atoms with Gasteiger partial charge >= 0.3 is 0 Å². The fourth-order valence-corrected chi connectivity index (χ4v) is 3.15. The summed E-state index contributed by atoms with van der Waals surface area (Å²) >= 11 is 6.08. The van der Waals surface area contributed by atoms with E-state index in [2.05, 4.69) is 5.32 Å². The molecule has 122 valence electrons. The minimum absolute atomic E-state index is 0.0722. The van der Waals surface area contributed by atoms with Crippen LogP contribution in [0.15, 0.2) is 39.7 Å². The molecule has 24 heavy (non-hydrogen) atoms. The van der Waals surface area contributed by atoms with Gasteiger partial charge in [0, 0.05) is 12.1 Å². The van der Waals surface area contributed by atoms with Crippen molar-refractivity contribution in [2.24, 2.45) is 0 Å². The summed E-state index contributed by atoms with van der Waals surface area (Å²) < 4.78 is 11.3. The zero-order valence-corrected chi connectivity index (χ0v) is 13.9. The lowest BCUT2D eigenvalue weighted by atomic mass is 10.1. The molecule has 0 aliphatic carbocycles. The summed E-state index contributed by atoms with van der Waals surface area (Å²) in [6.07, 6.45) is 1.58. The molecule has 1 saturated heterocycles. The molecular formula is C15H10N2O5S2. The summed E-state index contributed by atoms with van der Waals surface area (Å²) in [6, 6.07) is 7.65. The first kappa shape index (κ1) is 16.2. The van der Waals surface area contributed by atoms with Crippen LogP contribution in [0.1, 0.15) is 5.76 Å². The predicted octanol–water partition coefficient (Wildman–Crippen LogP) is 3.35. The number of thiocarbonyl (C=S) groups is 1. The third kappa shape index (κ3) is 3.17. The predicted molar refractivity (Wildman–Crippen MR) is 93.7 cm³/mol. The van der Waals surface area contributed by atoms with Gasteiger partial charge in [0.2, 0.25) is 0 Å². The van der Waals surface area contributed by atoms with Crippen molar-refractivity contribution in [2.75, 3.05) is 7.11 Å². The Bertz CT molecular complexity index is 888. The van der Waals surface area contributed by atoms with Crippen molar-refractivity contribution >= 4 is 46.0 Å². The number of non-ortho nitro benzene ring substituents is 1. The molecular weight excluding hydrogens is 352 g/mol. The van der Waals surface area contributed by atoms with Gasteiger partial charge < -0.3 is 14.5 Å². The van der Waals surface area contributed by atoms with Crippen LogP contribution in [-0.4, -0.2) is 22.3 Å². The number of thioether (sulfide) groups is 1. The number of nitro benzene ring substituents is 1. The Balaban J connectivity index is 1.94. The van der Waals surface area contributed by atoms with Gasteiger partial charge in [0.1, 0.15) is 21.6 Å². The van der Waals surface area contributed by atoms with Gasteiger partial charge in [-0.05, 0) is 18.2 Å². The summed E-state index contributed by atoms with van der Waals surface area (Å²) in [7, 11) is 1.43. The average molecular weight is 362 g/mol. The van der Waals surface area contributed by atoms with Crippen LogP contribution in [-0.2, 0) is 4.79 Å². The van der Waals surface area contributed by atoms with Crippen molar-refractivity contribution in [1.29, 1.82) is 0 Å². The fourth-order valence-electron chi connectivity index (χ4n) is 2.12. The molecule has 7 nitrogen and oxygen atoms in total. The SMILES string of the molecule is COc1cc([N+](=O)[O-])ccc1-c1ccc(/C=C2/SC(=S)NC2=O)o1. The smallest absolute Gasteiger partial charge is 0.273 e. The van der Waals surface area contributed by atoms with Gasteiger partial charge in [-0.1, -0.05) is 24.0 Å². The number of carbonyl (C=O) groups is 1. The van der Waals surface area contributed by atoms with Crippen LogP contribution in [0.3, 0.4) is 0 Å². The Kier molecular flexibility index (Phi) is 4.36. The Hall–Kier alpha value is -2.65. The van der Waals surface area contributed by atoms with Gasteiger partial charge in [0.15, 0.2) is 0 Å². The van der Waals surface area contributed by atoms with E-state index in [1.165, 1.54) is 19.2 Å². The first-order valence-corrected chi connectivity index (χ1v) is 7.88. The van der Waals surface area contributed by atoms with Crippen molar-refractivity contribution in [1.82, 2.24) is 5.32 Å². The van der Waals surface area contributed by atoms with Crippen molar-refractivity contribution < 1.29 is 18.9 Å². The number of carbonyl (C=O) groups excluding carboxylic acids is 1. The van der Waals surface area contributed by atoms with Crippen LogP contribution < -0.4 is 10.1 Å². The van der Waals surface area contributed by atoms with Gasteiger partial charge in [-0.2, -0.15) is 0 Å². The number of hydrogen-bond acceptors (Lipinski definition) is 7. The highest BCUT2D eigenvalue weighted by Gasteiger charge is 2.23. The second-order valence-corrected chi connectivity index (χ2v) is 6.41.